The summed E-state index contributed by atoms with van der Waals surface area (Å²) in [5, 5.41) is 0. The molecule has 0 aromatic heterocycles. The van der Waals surface area contributed by atoms with Crippen LogP contribution in [-0.4, -0.2) is 0 Å². The zero-order chi connectivity index (χ0) is 22.3. The fourth-order valence-electron chi connectivity index (χ4n) is 4.14. The van der Waals surface area contributed by atoms with E-state index in [4.69, 9.17) is 0 Å². The van der Waals surface area contributed by atoms with Gasteiger partial charge in [-0.05, 0) is 66.7 Å². The predicted octanol–water partition coefficient (Wildman–Crippen LogP) is 8.69. The average molecular weight is 427 g/mol. The molecule has 0 saturated carbocycles. The molecule has 33 heavy (non-hydrogen) atoms. The largest absolute Gasteiger partial charge is 0.314 e. The topological polar surface area (TPSA) is 6.48 Å². The van der Waals surface area contributed by atoms with Crippen molar-refractivity contribution in [3.8, 4) is 0 Å². The van der Waals surface area contributed by atoms with Crippen LogP contribution in [-0.2, 0) is 0 Å². The van der Waals surface area contributed by atoms with Gasteiger partial charge < -0.3 is 9.80 Å². The molecule has 0 spiro atoms. The van der Waals surface area contributed by atoms with E-state index in [9.17, 15) is 0 Å². The van der Waals surface area contributed by atoms with Crippen LogP contribution in [0.25, 0.3) is 0 Å². The van der Waals surface area contributed by atoms with Crippen molar-refractivity contribution in [2.45, 2.75) is 6.42 Å². The van der Waals surface area contributed by atoms with Crippen molar-refractivity contribution in [3.63, 3.8) is 0 Å². The van der Waals surface area contributed by atoms with E-state index >= 15 is 0 Å². The summed E-state index contributed by atoms with van der Waals surface area (Å²) in [6.07, 6.45) is 11.6. The van der Waals surface area contributed by atoms with Crippen molar-refractivity contribution >= 4 is 28.4 Å². The number of nitrogens with zero attached hydrogens (tertiary/aromatic N) is 2. The third kappa shape index (κ3) is 4.65. The molecule has 4 aromatic carbocycles. The van der Waals surface area contributed by atoms with E-state index < -0.39 is 0 Å². The van der Waals surface area contributed by atoms with E-state index in [-0.39, 0.29) is 0 Å². The third-order valence-electron chi connectivity index (χ3n) is 5.67. The molecule has 2 heteroatoms. The van der Waals surface area contributed by atoms with Crippen LogP contribution in [0.3, 0.4) is 0 Å². The van der Waals surface area contributed by atoms with E-state index in [1.165, 1.54) is 5.70 Å². The van der Waals surface area contributed by atoms with Gasteiger partial charge in [-0.2, -0.15) is 0 Å². The SMILES string of the molecule is C1=CC=C(N(c2ccccc2)c2ccc(N(c3ccccc3)c3ccccc3)cc2)CC=C1. The molecule has 0 heterocycles. The second-order valence-corrected chi connectivity index (χ2v) is 7.87. The van der Waals surface area contributed by atoms with Crippen LogP contribution < -0.4 is 9.80 Å². The Morgan fingerprint density at radius 1 is 0.394 bits per heavy atom. The van der Waals surface area contributed by atoms with Gasteiger partial charge in [0.2, 0.25) is 0 Å². The highest BCUT2D eigenvalue weighted by Crippen LogP contribution is 2.37. The first-order valence-electron chi connectivity index (χ1n) is 11.3. The Morgan fingerprint density at radius 3 is 1.33 bits per heavy atom. The molecular weight excluding hydrogens is 400 g/mol. The lowest BCUT2D eigenvalue weighted by Crippen LogP contribution is -2.16. The van der Waals surface area contributed by atoms with Gasteiger partial charge in [0.25, 0.3) is 0 Å². The maximum atomic E-state index is 2.33. The number of hydrogen-bond donors (Lipinski definition) is 0. The number of para-hydroxylation sites is 3. The number of benzene rings is 4. The van der Waals surface area contributed by atoms with Gasteiger partial charge >= 0.3 is 0 Å². The minimum absolute atomic E-state index is 0.879. The molecule has 0 N–H and O–H groups in total. The summed E-state index contributed by atoms with van der Waals surface area (Å²) >= 11 is 0. The van der Waals surface area contributed by atoms with Crippen molar-refractivity contribution in [2.75, 3.05) is 9.80 Å². The normalized spacial score (nSPS) is 12.7. The minimum atomic E-state index is 0.879. The number of rotatable bonds is 6. The molecule has 5 rings (SSSR count). The Kier molecular flexibility index (Phi) is 6.17. The molecule has 1 aliphatic carbocycles. The fourth-order valence-corrected chi connectivity index (χ4v) is 4.14. The number of hydrogen-bond acceptors (Lipinski definition) is 2. The lowest BCUT2D eigenvalue weighted by molar-refractivity contribution is 1.08. The monoisotopic (exact) mass is 426 g/mol. The Labute approximate surface area is 196 Å². The molecule has 0 fully saturated rings. The first-order chi connectivity index (χ1) is 16.4. The fraction of sp³-hybridized carbons (Fsp3) is 0.0323. The zero-order valence-electron chi connectivity index (χ0n) is 18.5. The molecule has 0 radical (unpaired) electrons. The molecule has 0 amide bonds. The van der Waals surface area contributed by atoms with Crippen molar-refractivity contribution in [3.05, 3.63) is 151 Å². The standard InChI is InChI=1S/C31H26N2/c1-2-7-15-26(14-6-1)32(27-16-8-3-9-17-27)30-22-24-31(25-23-30)33(28-18-10-4-11-19-28)29-20-12-5-13-21-29/h1-14,16-25H,15H2. The molecule has 0 saturated heterocycles. The molecule has 0 aliphatic heterocycles. The van der Waals surface area contributed by atoms with E-state index in [1.54, 1.807) is 0 Å². The van der Waals surface area contributed by atoms with Gasteiger partial charge in [0, 0.05) is 40.6 Å². The highest BCUT2D eigenvalue weighted by molar-refractivity contribution is 5.78. The summed E-state index contributed by atoms with van der Waals surface area (Å²) in [5.74, 6) is 0. The Hall–Kier alpha value is -4.30. The zero-order valence-corrected chi connectivity index (χ0v) is 18.5. The van der Waals surface area contributed by atoms with Gasteiger partial charge in [-0.15, -0.1) is 0 Å². The highest BCUT2D eigenvalue weighted by atomic mass is 15.2. The summed E-state index contributed by atoms with van der Waals surface area (Å²) < 4.78 is 0. The van der Waals surface area contributed by atoms with Crippen LogP contribution >= 0.6 is 0 Å². The summed E-state index contributed by atoms with van der Waals surface area (Å²) in [5.41, 5.74) is 6.93. The molecule has 2 nitrogen and oxygen atoms in total. The summed E-state index contributed by atoms with van der Waals surface area (Å²) in [4.78, 5) is 4.62. The van der Waals surface area contributed by atoms with E-state index in [0.29, 0.717) is 0 Å². The van der Waals surface area contributed by atoms with Crippen molar-refractivity contribution in [1.82, 2.24) is 0 Å². The van der Waals surface area contributed by atoms with E-state index in [2.05, 4.69) is 155 Å². The summed E-state index contributed by atoms with van der Waals surface area (Å²) in [6, 6.07) is 40.4. The third-order valence-corrected chi connectivity index (χ3v) is 5.67. The Morgan fingerprint density at radius 2 is 0.818 bits per heavy atom. The second kappa shape index (κ2) is 9.88. The molecule has 4 aromatic rings. The van der Waals surface area contributed by atoms with Crippen molar-refractivity contribution in [1.29, 1.82) is 0 Å². The average Bonchev–Trinajstić information content (AvgIpc) is 3.17. The van der Waals surface area contributed by atoms with E-state index in [1.807, 2.05) is 0 Å². The van der Waals surface area contributed by atoms with Crippen LogP contribution in [0.2, 0.25) is 0 Å². The van der Waals surface area contributed by atoms with Crippen molar-refractivity contribution < 1.29 is 0 Å². The number of anilines is 5. The maximum Gasteiger partial charge on any atom is 0.0463 e. The van der Waals surface area contributed by atoms with Crippen LogP contribution in [0.5, 0.6) is 0 Å². The minimum Gasteiger partial charge on any atom is -0.314 e. The van der Waals surface area contributed by atoms with Gasteiger partial charge in [0.1, 0.15) is 0 Å². The first kappa shape index (κ1) is 20.6. The van der Waals surface area contributed by atoms with Gasteiger partial charge in [-0.25, -0.2) is 0 Å². The summed E-state index contributed by atoms with van der Waals surface area (Å²) in [7, 11) is 0. The quantitative estimate of drug-likeness (QED) is 0.304. The van der Waals surface area contributed by atoms with Crippen LogP contribution in [0.15, 0.2) is 151 Å². The maximum absolute atomic E-state index is 2.33. The lowest BCUT2D eigenvalue weighted by atomic mass is 10.1. The number of allylic oxidation sites excluding steroid dienone is 5. The smallest absolute Gasteiger partial charge is 0.0463 e. The van der Waals surface area contributed by atoms with Gasteiger partial charge in [-0.3, -0.25) is 0 Å². The summed E-state index contributed by atoms with van der Waals surface area (Å²) in [6.45, 7) is 0. The van der Waals surface area contributed by atoms with Gasteiger partial charge in [0.15, 0.2) is 0 Å². The molecule has 0 atom stereocenters. The highest BCUT2D eigenvalue weighted by Gasteiger charge is 2.16. The molecule has 1 aliphatic rings. The van der Waals surface area contributed by atoms with Crippen LogP contribution in [0.1, 0.15) is 6.42 Å². The van der Waals surface area contributed by atoms with Crippen LogP contribution in [0, 0.1) is 0 Å². The molecular formula is C31H26N2. The molecule has 0 unspecified atom stereocenters. The molecule has 160 valence electrons. The predicted molar refractivity (Wildman–Crippen MR) is 141 cm³/mol. The first-order valence-corrected chi connectivity index (χ1v) is 11.3. The Bertz CT molecular complexity index is 1220. The molecule has 0 bridgehead atoms. The van der Waals surface area contributed by atoms with Crippen LogP contribution in [0.4, 0.5) is 28.4 Å². The lowest BCUT2D eigenvalue weighted by Gasteiger charge is -2.29. The van der Waals surface area contributed by atoms with Gasteiger partial charge in [0.05, 0.1) is 0 Å². The Balaban J connectivity index is 1.55. The van der Waals surface area contributed by atoms with E-state index in [0.717, 1.165) is 34.9 Å². The second-order valence-electron chi connectivity index (χ2n) is 7.87. The van der Waals surface area contributed by atoms with Crippen molar-refractivity contribution in [2.24, 2.45) is 0 Å². The van der Waals surface area contributed by atoms with Gasteiger partial charge in [-0.1, -0.05) is 78.9 Å².